The molecular formula is C15H28N2O3. The third-order valence-electron chi connectivity index (χ3n) is 4.08. The smallest absolute Gasteiger partial charge is 0.326 e. The summed E-state index contributed by atoms with van der Waals surface area (Å²) in [6, 6.07) is -1.14. The maximum atomic E-state index is 12.2. The number of nitrogens with zero attached hydrogens (tertiary/aromatic N) is 1. The van der Waals surface area contributed by atoms with Crippen molar-refractivity contribution in [1.82, 2.24) is 10.2 Å². The molecule has 1 saturated heterocycles. The molecule has 0 saturated carbocycles. The van der Waals surface area contributed by atoms with Crippen LogP contribution < -0.4 is 5.32 Å². The second-order valence-electron chi connectivity index (χ2n) is 7.88. The molecule has 1 rings (SSSR count). The van der Waals surface area contributed by atoms with Crippen LogP contribution in [0.4, 0.5) is 4.79 Å². The number of carbonyl (C=O) groups is 2. The Balaban J connectivity index is 2.66. The Bertz CT molecular complexity index is 380. The molecule has 2 atom stereocenters. The summed E-state index contributed by atoms with van der Waals surface area (Å²) in [5, 5.41) is 11.9. The molecule has 20 heavy (non-hydrogen) atoms. The van der Waals surface area contributed by atoms with Gasteiger partial charge in [0.1, 0.15) is 6.04 Å². The van der Waals surface area contributed by atoms with Crippen molar-refractivity contribution in [3.05, 3.63) is 0 Å². The van der Waals surface area contributed by atoms with Crippen molar-refractivity contribution in [2.75, 3.05) is 13.1 Å². The molecule has 5 nitrogen and oxygen atoms in total. The SMILES string of the molecule is CC(C)(C)C1CCN(C(=O)N[C@H](C(=O)O)C(C)(C)C)C1. The van der Waals surface area contributed by atoms with Crippen molar-refractivity contribution in [2.24, 2.45) is 16.7 Å². The Morgan fingerprint density at radius 2 is 1.75 bits per heavy atom. The molecule has 0 aromatic carbocycles. The van der Waals surface area contributed by atoms with Gasteiger partial charge in [-0.2, -0.15) is 0 Å². The van der Waals surface area contributed by atoms with Crippen LogP contribution in [0, 0.1) is 16.7 Å². The van der Waals surface area contributed by atoms with Crippen molar-refractivity contribution >= 4 is 12.0 Å². The summed E-state index contributed by atoms with van der Waals surface area (Å²) in [5.74, 6) is -0.524. The summed E-state index contributed by atoms with van der Waals surface area (Å²) in [6.07, 6.45) is 0.976. The number of hydrogen-bond acceptors (Lipinski definition) is 2. The van der Waals surface area contributed by atoms with Gasteiger partial charge in [-0.25, -0.2) is 9.59 Å². The lowest BCUT2D eigenvalue weighted by molar-refractivity contribution is -0.142. The van der Waals surface area contributed by atoms with Crippen molar-refractivity contribution < 1.29 is 14.7 Å². The van der Waals surface area contributed by atoms with Gasteiger partial charge >= 0.3 is 12.0 Å². The Kier molecular flexibility index (Phi) is 4.72. The fourth-order valence-electron chi connectivity index (χ4n) is 2.52. The van der Waals surface area contributed by atoms with Crippen LogP contribution in [0.3, 0.4) is 0 Å². The van der Waals surface area contributed by atoms with Crippen LogP contribution >= 0.6 is 0 Å². The zero-order valence-corrected chi connectivity index (χ0v) is 13.5. The van der Waals surface area contributed by atoms with Crippen LogP contribution in [0.15, 0.2) is 0 Å². The molecule has 0 aromatic heterocycles. The lowest BCUT2D eigenvalue weighted by Gasteiger charge is -2.30. The lowest BCUT2D eigenvalue weighted by Crippen LogP contribution is -2.53. The van der Waals surface area contributed by atoms with E-state index in [1.165, 1.54) is 0 Å². The summed E-state index contributed by atoms with van der Waals surface area (Å²) in [4.78, 5) is 25.3. The minimum Gasteiger partial charge on any atom is -0.480 e. The first-order valence-corrected chi connectivity index (χ1v) is 7.21. The highest BCUT2D eigenvalue weighted by molar-refractivity contribution is 5.83. The third-order valence-corrected chi connectivity index (χ3v) is 4.08. The van der Waals surface area contributed by atoms with E-state index in [-0.39, 0.29) is 11.4 Å². The highest BCUT2D eigenvalue weighted by atomic mass is 16.4. The summed E-state index contributed by atoms with van der Waals surface area (Å²) >= 11 is 0. The van der Waals surface area contributed by atoms with Gasteiger partial charge in [0.05, 0.1) is 0 Å². The Morgan fingerprint density at radius 1 is 1.20 bits per heavy atom. The Labute approximate surface area is 121 Å². The summed E-state index contributed by atoms with van der Waals surface area (Å²) in [7, 11) is 0. The molecule has 1 unspecified atom stereocenters. The van der Waals surface area contributed by atoms with E-state index in [9.17, 15) is 14.7 Å². The predicted octanol–water partition coefficient (Wildman–Crippen LogP) is 2.56. The summed E-state index contributed by atoms with van der Waals surface area (Å²) in [6.45, 7) is 13.4. The van der Waals surface area contributed by atoms with Gasteiger partial charge < -0.3 is 15.3 Å². The van der Waals surface area contributed by atoms with Crippen molar-refractivity contribution in [3.63, 3.8) is 0 Å². The third kappa shape index (κ3) is 4.12. The van der Waals surface area contributed by atoms with Crippen LogP contribution in [-0.4, -0.2) is 41.1 Å². The molecular weight excluding hydrogens is 256 g/mol. The molecule has 0 spiro atoms. The maximum absolute atomic E-state index is 12.2. The van der Waals surface area contributed by atoms with Crippen molar-refractivity contribution in [1.29, 1.82) is 0 Å². The van der Waals surface area contributed by atoms with E-state index in [0.717, 1.165) is 6.42 Å². The van der Waals surface area contributed by atoms with Crippen LogP contribution in [0.1, 0.15) is 48.0 Å². The van der Waals surface area contributed by atoms with E-state index in [0.29, 0.717) is 19.0 Å². The fourth-order valence-corrected chi connectivity index (χ4v) is 2.52. The number of likely N-dealkylation sites (tertiary alicyclic amines) is 1. The van der Waals surface area contributed by atoms with E-state index in [1.807, 2.05) is 20.8 Å². The van der Waals surface area contributed by atoms with Crippen LogP contribution in [0.25, 0.3) is 0 Å². The molecule has 0 radical (unpaired) electrons. The molecule has 1 aliphatic heterocycles. The first kappa shape index (κ1) is 16.8. The number of nitrogens with one attached hydrogen (secondary N) is 1. The Hall–Kier alpha value is -1.26. The van der Waals surface area contributed by atoms with Gasteiger partial charge in [-0.1, -0.05) is 41.5 Å². The normalized spacial score (nSPS) is 21.7. The molecule has 1 heterocycles. The average Bonchev–Trinajstić information content (AvgIpc) is 2.71. The van der Waals surface area contributed by atoms with Gasteiger partial charge in [0.15, 0.2) is 0 Å². The first-order chi connectivity index (χ1) is 8.93. The highest BCUT2D eigenvalue weighted by Crippen LogP contribution is 2.33. The minimum atomic E-state index is -0.989. The number of rotatable bonds is 2. The van der Waals surface area contributed by atoms with Crippen molar-refractivity contribution in [2.45, 2.75) is 54.0 Å². The van der Waals surface area contributed by atoms with E-state index in [2.05, 4.69) is 26.1 Å². The first-order valence-electron chi connectivity index (χ1n) is 7.21. The lowest BCUT2D eigenvalue weighted by atomic mass is 9.80. The second-order valence-corrected chi connectivity index (χ2v) is 7.88. The van der Waals surface area contributed by atoms with Gasteiger partial charge in [-0.05, 0) is 23.2 Å². The zero-order valence-electron chi connectivity index (χ0n) is 13.5. The number of carbonyl (C=O) groups excluding carboxylic acids is 1. The number of aliphatic carboxylic acids is 1. The molecule has 0 aromatic rings. The topological polar surface area (TPSA) is 69.6 Å². The van der Waals surface area contributed by atoms with Gasteiger partial charge in [0.25, 0.3) is 0 Å². The summed E-state index contributed by atoms with van der Waals surface area (Å²) < 4.78 is 0. The molecule has 0 bridgehead atoms. The summed E-state index contributed by atoms with van der Waals surface area (Å²) in [5.41, 5.74) is -0.337. The fraction of sp³-hybridized carbons (Fsp3) is 0.867. The molecule has 2 N–H and O–H groups in total. The standard InChI is InChI=1S/C15H28N2O3/c1-14(2,3)10-7-8-17(9-10)13(20)16-11(12(18)19)15(4,5)6/h10-11H,7-9H2,1-6H3,(H,16,20)(H,18,19)/t10?,11-/m1/s1. The average molecular weight is 284 g/mol. The van der Waals surface area contributed by atoms with E-state index in [1.54, 1.807) is 4.90 Å². The molecule has 116 valence electrons. The zero-order chi connectivity index (χ0) is 15.7. The molecule has 2 amide bonds. The van der Waals surface area contributed by atoms with Gasteiger partial charge in [0, 0.05) is 13.1 Å². The maximum Gasteiger partial charge on any atom is 0.326 e. The van der Waals surface area contributed by atoms with Crippen LogP contribution in [-0.2, 0) is 4.79 Å². The van der Waals surface area contributed by atoms with E-state index >= 15 is 0 Å². The number of amides is 2. The number of carboxylic acids is 1. The molecule has 0 aliphatic carbocycles. The van der Waals surface area contributed by atoms with E-state index < -0.39 is 17.4 Å². The largest absolute Gasteiger partial charge is 0.480 e. The quantitative estimate of drug-likeness (QED) is 0.818. The number of carboxylic acid groups (broad SMARTS) is 1. The van der Waals surface area contributed by atoms with Gasteiger partial charge in [-0.15, -0.1) is 0 Å². The van der Waals surface area contributed by atoms with Crippen LogP contribution in [0.2, 0.25) is 0 Å². The molecule has 5 heteroatoms. The monoisotopic (exact) mass is 284 g/mol. The number of hydrogen-bond donors (Lipinski definition) is 2. The predicted molar refractivity (Wildman–Crippen MR) is 78.5 cm³/mol. The molecule has 1 aliphatic rings. The molecule has 1 fully saturated rings. The van der Waals surface area contributed by atoms with Gasteiger partial charge in [-0.3, -0.25) is 0 Å². The van der Waals surface area contributed by atoms with Crippen molar-refractivity contribution in [3.8, 4) is 0 Å². The second kappa shape index (κ2) is 5.62. The Morgan fingerprint density at radius 3 is 2.10 bits per heavy atom. The minimum absolute atomic E-state index is 0.172. The van der Waals surface area contributed by atoms with Crippen LogP contribution in [0.5, 0.6) is 0 Å². The highest BCUT2D eigenvalue weighted by Gasteiger charge is 2.37. The number of urea groups is 1. The van der Waals surface area contributed by atoms with Gasteiger partial charge in [0.2, 0.25) is 0 Å². The van der Waals surface area contributed by atoms with E-state index in [4.69, 9.17) is 0 Å².